The molecule has 104 valence electrons. The molecule has 0 spiro atoms. The molecule has 0 aromatic carbocycles. The summed E-state index contributed by atoms with van der Waals surface area (Å²) in [6, 6.07) is 0. The van der Waals surface area contributed by atoms with Crippen molar-refractivity contribution < 1.29 is 10.2 Å². The topological polar surface area (TPSA) is 78.7 Å². The van der Waals surface area contributed by atoms with Gasteiger partial charge in [0.1, 0.15) is 8.24 Å². The van der Waals surface area contributed by atoms with Gasteiger partial charge in [0, 0.05) is 13.2 Å². The summed E-state index contributed by atoms with van der Waals surface area (Å²) in [6.45, 7) is 15.8. The summed E-state index contributed by atoms with van der Waals surface area (Å²) in [6.07, 6.45) is 0. The Kier molecular flexibility index (Phi) is 24.1. The van der Waals surface area contributed by atoms with Crippen LogP contribution in [-0.2, 0) is 0 Å². The lowest BCUT2D eigenvalue weighted by Gasteiger charge is -2.33. The lowest BCUT2D eigenvalue weighted by atomic mass is 10.9. The van der Waals surface area contributed by atoms with E-state index in [-0.39, 0.29) is 19.4 Å². The Labute approximate surface area is 105 Å². The second-order valence-electron chi connectivity index (χ2n) is 4.51. The summed E-state index contributed by atoms with van der Waals surface area (Å²) < 4.78 is 2.63. The van der Waals surface area contributed by atoms with E-state index in [1.54, 1.807) is 13.8 Å². The molecule has 0 heterocycles. The van der Waals surface area contributed by atoms with Crippen LogP contribution in [-0.4, -0.2) is 51.9 Å². The first-order chi connectivity index (χ1) is 6.68. The molecule has 0 aliphatic rings. The van der Waals surface area contributed by atoms with E-state index in [2.05, 4.69) is 44.0 Å². The average molecular weight is 271 g/mol. The Morgan fingerprint density at radius 3 is 1.19 bits per heavy atom. The van der Waals surface area contributed by atoms with Crippen molar-refractivity contribution in [3.05, 3.63) is 0 Å². The molecular weight excluding hydrogens is 236 g/mol. The van der Waals surface area contributed by atoms with E-state index < -0.39 is 17.2 Å². The number of hydrogen-bond donors (Lipinski definition) is 3. The SMILES string of the molecule is CCO.CCO.CN([SiH](C)C)[Si](C)(C)C.N. The molecule has 0 radical (unpaired) electrons. The third kappa shape index (κ3) is 23.8. The quantitative estimate of drug-likeness (QED) is 0.670. The standard InChI is InChI=1S/C6H19NSi2.2C2H6O.H3N/c1-7(8(2)3)9(4,5)6;2*1-2-3;/h8H,1-6H3;2*3H,2H2,1H3;1H3. The zero-order valence-electron chi connectivity index (χ0n) is 12.5. The molecule has 4 nitrogen and oxygen atoms in total. The van der Waals surface area contributed by atoms with Crippen LogP contribution in [0.15, 0.2) is 0 Å². The molecule has 0 amide bonds. The van der Waals surface area contributed by atoms with E-state index in [1.165, 1.54) is 0 Å². The molecule has 0 aromatic heterocycles. The van der Waals surface area contributed by atoms with Crippen molar-refractivity contribution in [3.8, 4) is 0 Å². The fourth-order valence-corrected chi connectivity index (χ4v) is 6.97. The van der Waals surface area contributed by atoms with Gasteiger partial charge in [0.05, 0.1) is 8.96 Å². The summed E-state index contributed by atoms with van der Waals surface area (Å²) >= 11 is 0. The first-order valence-corrected chi connectivity index (χ1v) is 11.9. The van der Waals surface area contributed by atoms with Gasteiger partial charge in [-0.25, -0.2) is 0 Å². The van der Waals surface area contributed by atoms with Crippen LogP contribution in [0.5, 0.6) is 0 Å². The van der Waals surface area contributed by atoms with E-state index in [0.29, 0.717) is 0 Å². The van der Waals surface area contributed by atoms with E-state index >= 15 is 0 Å². The number of aliphatic hydroxyl groups excluding tert-OH is 2. The second kappa shape index (κ2) is 15.3. The van der Waals surface area contributed by atoms with Gasteiger partial charge in [-0.3, -0.25) is 0 Å². The van der Waals surface area contributed by atoms with Gasteiger partial charge < -0.3 is 20.6 Å². The minimum absolute atomic E-state index is 0. The highest BCUT2D eigenvalue weighted by atomic mass is 28.4. The molecule has 0 saturated carbocycles. The summed E-state index contributed by atoms with van der Waals surface area (Å²) in [5.41, 5.74) is 0. The Morgan fingerprint density at radius 1 is 1.00 bits per heavy atom. The number of hydrogen-bond acceptors (Lipinski definition) is 4. The normalized spacial score (nSPS) is 9.75. The molecule has 0 bridgehead atoms. The van der Waals surface area contributed by atoms with E-state index in [4.69, 9.17) is 10.2 Å². The van der Waals surface area contributed by atoms with Crippen LogP contribution in [0.2, 0.25) is 32.7 Å². The molecule has 0 aliphatic carbocycles. The van der Waals surface area contributed by atoms with Crippen molar-refractivity contribution in [2.45, 2.75) is 46.6 Å². The Hall–Kier alpha value is 0.274. The van der Waals surface area contributed by atoms with Crippen molar-refractivity contribution in [1.82, 2.24) is 10.4 Å². The van der Waals surface area contributed by atoms with Crippen molar-refractivity contribution in [3.63, 3.8) is 0 Å². The van der Waals surface area contributed by atoms with Crippen LogP contribution < -0.4 is 6.15 Å². The molecule has 0 saturated heterocycles. The number of aliphatic hydroxyl groups is 2. The van der Waals surface area contributed by atoms with Crippen molar-refractivity contribution in [2.75, 3.05) is 20.3 Å². The van der Waals surface area contributed by atoms with Crippen LogP contribution in [0.3, 0.4) is 0 Å². The highest BCUT2D eigenvalue weighted by Gasteiger charge is 2.21. The highest BCUT2D eigenvalue weighted by molar-refractivity contribution is 6.82. The molecule has 0 aliphatic heterocycles. The van der Waals surface area contributed by atoms with Crippen LogP contribution >= 0.6 is 0 Å². The first-order valence-electron chi connectivity index (χ1n) is 5.63. The lowest BCUT2D eigenvalue weighted by Crippen LogP contribution is -2.49. The predicted molar refractivity (Wildman–Crippen MR) is 80.5 cm³/mol. The molecule has 0 aromatic rings. The third-order valence-corrected chi connectivity index (χ3v) is 9.37. The second-order valence-corrected chi connectivity index (χ2v) is 13.0. The average Bonchev–Trinajstić information content (AvgIpc) is 2.04. The minimum Gasteiger partial charge on any atom is -0.397 e. The van der Waals surface area contributed by atoms with Crippen LogP contribution in [0, 0.1) is 0 Å². The summed E-state index contributed by atoms with van der Waals surface area (Å²) in [5.74, 6) is 0. The van der Waals surface area contributed by atoms with Gasteiger partial charge in [0.15, 0.2) is 0 Å². The van der Waals surface area contributed by atoms with Gasteiger partial charge in [-0.05, 0) is 20.9 Å². The zero-order valence-corrected chi connectivity index (χ0v) is 14.7. The number of nitrogens with zero attached hydrogens (tertiary/aromatic N) is 1. The van der Waals surface area contributed by atoms with Crippen molar-refractivity contribution in [1.29, 1.82) is 0 Å². The largest absolute Gasteiger partial charge is 0.397 e. The number of rotatable bonds is 2. The molecule has 0 unspecified atom stereocenters. The summed E-state index contributed by atoms with van der Waals surface area (Å²) in [4.78, 5) is 0. The van der Waals surface area contributed by atoms with Gasteiger partial charge in [0.25, 0.3) is 0 Å². The highest BCUT2D eigenvalue weighted by Crippen LogP contribution is 2.07. The van der Waals surface area contributed by atoms with Crippen LogP contribution in [0.4, 0.5) is 0 Å². The maximum Gasteiger partial charge on any atom is 0.111 e. The molecule has 5 N–H and O–H groups in total. The molecule has 0 atom stereocenters. The van der Waals surface area contributed by atoms with Gasteiger partial charge >= 0.3 is 0 Å². The molecule has 16 heavy (non-hydrogen) atoms. The van der Waals surface area contributed by atoms with E-state index in [1.807, 2.05) is 0 Å². The van der Waals surface area contributed by atoms with E-state index in [9.17, 15) is 0 Å². The Balaban J connectivity index is -0.0000000870. The summed E-state index contributed by atoms with van der Waals surface area (Å²) in [5, 5.41) is 15.1. The molecular formula is C10H34N2O2Si2. The predicted octanol–water partition coefficient (Wildman–Crippen LogP) is 1.90. The van der Waals surface area contributed by atoms with Crippen LogP contribution in [0.25, 0.3) is 0 Å². The maximum atomic E-state index is 7.57. The van der Waals surface area contributed by atoms with Crippen molar-refractivity contribution in [2.24, 2.45) is 0 Å². The lowest BCUT2D eigenvalue weighted by molar-refractivity contribution is 0.318. The minimum atomic E-state index is -0.929. The molecule has 6 heteroatoms. The third-order valence-electron chi connectivity index (χ3n) is 1.83. The first kappa shape index (κ1) is 25.2. The van der Waals surface area contributed by atoms with E-state index in [0.717, 1.165) is 0 Å². The smallest absolute Gasteiger partial charge is 0.111 e. The van der Waals surface area contributed by atoms with Gasteiger partial charge in [-0.1, -0.05) is 32.7 Å². The Bertz CT molecular complexity index is 118. The monoisotopic (exact) mass is 270 g/mol. The zero-order chi connectivity index (χ0) is 13.1. The fourth-order valence-electron chi connectivity index (χ4n) is 0.775. The fraction of sp³-hybridized carbons (Fsp3) is 1.00. The molecule has 0 fully saturated rings. The van der Waals surface area contributed by atoms with Crippen LogP contribution in [0.1, 0.15) is 13.8 Å². The Morgan fingerprint density at radius 2 is 1.19 bits per heavy atom. The summed E-state index contributed by atoms with van der Waals surface area (Å²) in [7, 11) is 0.858. The maximum absolute atomic E-state index is 7.57. The van der Waals surface area contributed by atoms with Gasteiger partial charge in [-0.2, -0.15) is 0 Å². The van der Waals surface area contributed by atoms with Gasteiger partial charge in [0.2, 0.25) is 0 Å². The van der Waals surface area contributed by atoms with Crippen molar-refractivity contribution >= 4 is 17.2 Å². The van der Waals surface area contributed by atoms with Gasteiger partial charge in [-0.15, -0.1) is 0 Å². The molecule has 0 rings (SSSR count).